The van der Waals surface area contributed by atoms with E-state index >= 15 is 0 Å². The summed E-state index contributed by atoms with van der Waals surface area (Å²) in [5.41, 5.74) is 0. The average Bonchev–Trinajstić information content (AvgIpc) is 2.43. The zero-order valence-corrected chi connectivity index (χ0v) is 15.9. The minimum Gasteiger partial charge on any atom is -0.125 e. The summed E-state index contributed by atoms with van der Waals surface area (Å²) in [5.74, 6) is 1.15. The lowest BCUT2D eigenvalue weighted by atomic mass is 10.0. The molecule has 0 heterocycles. The molecule has 0 aromatic carbocycles. The Bertz CT molecular complexity index is 204. The standard InChI is InChI=1S/C17H34S3/c1-2-3-4-5-6-7-8-9-10-11-12-13-14-15-16-20-17(18)19/h2-16H2,1H3,(H,18,19). The molecule has 0 aromatic rings. The van der Waals surface area contributed by atoms with Gasteiger partial charge < -0.3 is 0 Å². The number of hydrogen-bond donors (Lipinski definition) is 1. The van der Waals surface area contributed by atoms with Crippen molar-refractivity contribution in [2.45, 2.75) is 96.8 Å². The first-order chi connectivity index (χ1) is 9.77. The summed E-state index contributed by atoms with van der Waals surface area (Å²) in [5, 5.41) is 0. The molecule has 0 fully saturated rings. The van der Waals surface area contributed by atoms with E-state index in [1.54, 1.807) is 11.8 Å². The first kappa shape index (κ1) is 20.8. The van der Waals surface area contributed by atoms with E-state index in [4.69, 9.17) is 12.2 Å². The second-order valence-electron chi connectivity index (χ2n) is 5.71. The van der Waals surface area contributed by atoms with E-state index in [0.717, 1.165) is 9.28 Å². The van der Waals surface area contributed by atoms with Crippen LogP contribution in [0.5, 0.6) is 0 Å². The lowest BCUT2D eigenvalue weighted by Crippen LogP contribution is -1.85. The molecule has 0 nitrogen and oxygen atoms in total. The highest BCUT2D eigenvalue weighted by atomic mass is 32.2. The van der Waals surface area contributed by atoms with Crippen LogP contribution in [-0.2, 0) is 0 Å². The third kappa shape index (κ3) is 18.8. The lowest BCUT2D eigenvalue weighted by Gasteiger charge is -2.03. The molecule has 0 aliphatic heterocycles. The molecule has 0 atom stereocenters. The maximum atomic E-state index is 4.92. The monoisotopic (exact) mass is 334 g/mol. The number of thioether (sulfide) groups is 1. The number of hydrogen-bond acceptors (Lipinski definition) is 2. The predicted octanol–water partition coefficient (Wildman–Crippen LogP) is 7.42. The Hall–Kier alpha value is 0.790. The van der Waals surface area contributed by atoms with Gasteiger partial charge in [0.05, 0.1) is 0 Å². The van der Waals surface area contributed by atoms with E-state index in [-0.39, 0.29) is 0 Å². The normalized spacial score (nSPS) is 10.9. The van der Waals surface area contributed by atoms with E-state index in [9.17, 15) is 0 Å². The Kier molecular flexibility index (Phi) is 18.5. The number of thiol groups is 1. The van der Waals surface area contributed by atoms with Gasteiger partial charge in [-0.1, -0.05) is 103 Å². The van der Waals surface area contributed by atoms with Gasteiger partial charge in [-0.05, 0) is 12.2 Å². The van der Waals surface area contributed by atoms with Crippen LogP contribution in [0.25, 0.3) is 0 Å². The summed E-state index contributed by atoms with van der Waals surface area (Å²) in [6.45, 7) is 2.29. The maximum Gasteiger partial charge on any atom is 0.101 e. The molecule has 0 aliphatic carbocycles. The summed E-state index contributed by atoms with van der Waals surface area (Å²) in [6.07, 6.45) is 19.9. The number of thiocarbonyl (C=S) groups is 1. The van der Waals surface area contributed by atoms with E-state index < -0.39 is 0 Å². The van der Waals surface area contributed by atoms with E-state index in [0.29, 0.717) is 0 Å². The van der Waals surface area contributed by atoms with Gasteiger partial charge in [-0.25, -0.2) is 0 Å². The van der Waals surface area contributed by atoms with Crippen molar-refractivity contribution >= 4 is 40.1 Å². The topological polar surface area (TPSA) is 0 Å². The Morgan fingerprint density at radius 2 is 1.05 bits per heavy atom. The van der Waals surface area contributed by atoms with Crippen LogP contribution in [-0.4, -0.2) is 9.28 Å². The van der Waals surface area contributed by atoms with Gasteiger partial charge in [0.1, 0.15) is 3.53 Å². The van der Waals surface area contributed by atoms with Crippen LogP contribution >= 0.6 is 36.6 Å². The first-order valence-corrected chi connectivity index (χ1v) is 10.5. The van der Waals surface area contributed by atoms with Crippen LogP contribution in [0.15, 0.2) is 0 Å². The van der Waals surface area contributed by atoms with Crippen molar-refractivity contribution in [1.29, 1.82) is 0 Å². The highest BCUT2D eigenvalue weighted by Gasteiger charge is 1.95. The molecule has 0 aliphatic rings. The van der Waals surface area contributed by atoms with Crippen molar-refractivity contribution in [1.82, 2.24) is 0 Å². The van der Waals surface area contributed by atoms with Crippen molar-refractivity contribution in [3.63, 3.8) is 0 Å². The zero-order valence-electron chi connectivity index (χ0n) is 13.4. The summed E-state index contributed by atoms with van der Waals surface area (Å²) in [4.78, 5) is 0. The fraction of sp³-hybridized carbons (Fsp3) is 0.941. The van der Waals surface area contributed by atoms with Gasteiger partial charge in [0.15, 0.2) is 0 Å². The fourth-order valence-electron chi connectivity index (χ4n) is 2.46. The number of unbranched alkanes of at least 4 members (excludes halogenated alkanes) is 13. The molecule has 0 amide bonds. The summed E-state index contributed by atoms with van der Waals surface area (Å²) in [7, 11) is 0. The molecule has 120 valence electrons. The highest BCUT2D eigenvalue weighted by molar-refractivity contribution is 8.41. The maximum absolute atomic E-state index is 4.92. The van der Waals surface area contributed by atoms with Gasteiger partial charge in [-0.3, -0.25) is 0 Å². The quantitative estimate of drug-likeness (QED) is 0.188. The van der Waals surface area contributed by atoms with Crippen molar-refractivity contribution < 1.29 is 0 Å². The van der Waals surface area contributed by atoms with E-state index in [1.807, 2.05) is 0 Å². The number of rotatable bonds is 15. The molecule has 0 saturated heterocycles. The molecule has 0 N–H and O–H groups in total. The van der Waals surface area contributed by atoms with Crippen LogP contribution in [0.1, 0.15) is 96.8 Å². The smallest absolute Gasteiger partial charge is 0.101 e. The summed E-state index contributed by atoms with van der Waals surface area (Å²) in [6, 6.07) is 0. The summed E-state index contributed by atoms with van der Waals surface area (Å²) >= 11 is 10.7. The molecule has 20 heavy (non-hydrogen) atoms. The van der Waals surface area contributed by atoms with Gasteiger partial charge in [-0.15, -0.1) is 24.4 Å². The van der Waals surface area contributed by atoms with E-state index in [2.05, 4.69) is 19.6 Å². The van der Waals surface area contributed by atoms with Crippen molar-refractivity contribution in [2.75, 3.05) is 5.75 Å². The molecular weight excluding hydrogens is 300 g/mol. The molecule has 0 bridgehead atoms. The Labute approximate surface area is 142 Å². The Morgan fingerprint density at radius 1 is 0.700 bits per heavy atom. The Balaban J connectivity index is 2.94. The average molecular weight is 335 g/mol. The molecule has 0 radical (unpaired) electrons. The highest BCUT2D eigenvalue weighted by Crippen LogP contribution is 2.15. The zero-order chi connectivity index (χ0) is 14.9. The molecule has 0 spiro atoms. The second-order valence-corrected chi connectivity index (χ2v) is 8.53. The van der Waals surface area contributed by atoms with Crippen molar-refractivity contribution in [2.24, 2.45) is 0 Å². The largest absolute Gasteiger partial charge is 0.125 e. The fourth-order valence-corrected chi connectivity index (χ4v) is 3.50. The van der Waals surface area contributed by atoms with Crippen LogP contribution in [0.2, 0.25) is 0 Å². The lowest BCUT2D eigenvalue weighted by molar-refractivity contribution is 0.538. The minimum absolute atomic E-state index is 0.791. The van der Waals surface area contributed by atoms with E-state index in [1.165, 1.54) is 89.9 Å². The molecule has 0 rings (SSSR count). The summed E-state index contributed by atoms with van der Waals surface area (Å²) < 4.78 is 0.791. The van der Waals surface area contributed by atoms with Crippen LogP contribution < -0.4 is 0 Å². The van der Waals surface area contributed by atoms with Crippen molar-refractivity contribution in [3.8, 4) is 0 Å². The Morgan fingerprint density at radius 3 is 1.40 bits per heavy atom. The molecule has 3 heteroatoms. The van der Waals surface area contributed by atoms with Gasteiger partial charge >= 0.3 is 0 Å². The minimum atomic E-state index is 0.791. The SMILES string of the molecule is CCCCCCCCCCCCCCCCSC(=S)S. The van der Waals surface area contributed by atoms with Crippen LogP contribution in [0.4, 0.5) is 0 Å². The third-order valence-electron chi connectivity index (χ3n) is 3.72. The van der Waals surface area contributed by atoms with Gasteiger partial charge in [0.2, 0.25) is 0 Å². The van der Waals surface area contributed by atoms with Crippen LogP contribution in [0.3, 0.4) is 0 Å². The van der Waals surface area contributed by atoms with Crippen molar-refractivity contribution in [3.05, 3.63) is 0 Å². The first-order valence-electron chi connectivity index (χ1n) is 8.63. The molecule has 0 aromatic heterocycles. The molecular formula is C17H34S3. The molecule has 0 unspecified atom stereocenters. The van der Waals surface area contributed by atoms with Gasteiger partial charge in [0.25, 0.3) is 0 Å². The second kappa shape index (κ2) is 17.8. The third-order valence-corrected chi connectivity index (χ3v) is 5.20. The van der Waals surface area contributed by atoms with Crippen LogP contribution in [0, 0.1) is 0 Å². The van der Waals surface area contributed by atoms with Gasteiger partial charge in [0, 0.05) is 0 Å². The predicted molar refractivity (Wildman–Crippen MR) is 104 cm³/mol. The van der Waals surface area contributed by atoms with Gasteiger partial charge in [-0.2, -0.15) is 0 Å². The molecule has 0 saturated carbocycles.